The van der Waals surface area contributed by atoms with Crippen molar-refractivity contribution in [2.75, 3.05) is 31.6 Å². The Bertz CT molecular complexity index is 1560. The number of alkyl halides is 3. The van der Waals surface area contributed by atoms with Crippen LogP contribution in [0.3, 0.4) is 0 Å². The lowest BCUT2D eigenvalue weighted by Crippen LogP contribution is -2.38. The maximum Gasteiger partial charge on any atom is 0.393 e. The van der Waals surface area contributed by atoms with Gasteiger partial charge in [-0.25, -0.2) is 9.97 Å². The number of nitrogens with zero attached hydrogens (tertiary/aromatic N) is 5. The van der Waals surface area contributed by atoms with E-state index in [0.29, 0.717) is 40.6 Å². The summed E-state index contributed by atoms with van der Waals surface area (Å²) in [5.74, 6) is 1.27. The zero-order valence-electron chi connectivity index (χ0n) is 22.5. The number of hydrogen-bond acceptors (Lipinski definition) is 9. The second-order valence-corrected chi connectivity index (χ2v) is 11.3. The number of aliphatic hydroxyl groups excluding tert-OH is 2. The number of likely N-dealkylation sites (tertiary alicyclic amines) is 1. The summed E-state index contributed by atoms with van der Waals surface area (Å²) in [7, 11) is 0. The summed E-state index contributed by atoms with van der Waals surface area (Å²) in [6.45, 7) is 4.31. The van der Waals surface area contributed by atoms with Gasteiger partial charge in [0.25, 0.3) is 0 Å². The SMILES string of the molecule is CCOc1cc2c(cc1CN1CCC(Nc3ncnc4sc(CC(F)(F)F)cc34)CC1)cc(C#N)n2C[C@H](O)CO. The maximum absolute atomic E-state index is 12.9. The lowest BCUT2D eigenvalue weighted by molar-refractivity contribution is -0.126. The molecular weight excluding hydrogens is 557 g/mol. The van der Waals surface area contributed by atoms with Crippen molar-refractivity contribution in [3.63, 3.8) is 0 Å². The highest BCUT2D eigenvalue weighted by molar-refractivity contribution is 7.18. The van der Waals surface area contributed by atoms with E-state index in [4.69, 9.17) is 4.74 Å². The normalized spacial score (nSPS) is 15.8. The molecule has 0 amide bonds. The quantitative estimate of drug-likeness (QED) is 0.249. The summed E-state index contributed by atoms with van der Waals surface area (Å²) in [4.78, 5) is 11.6. The third-order valence-electron chi connectivity index (χ3n) is 7.18. The first-order valence-electron chi connectivity index (χ1n) is 13.4. The van der Waals surface area contributed by atoms with Crippen molar-refractivity contribution in [1.29, 1.82) is 5.26 Å². The molecular formula is C28H31F3N6O3S. The van der Waals surface area contributed by atoms with E-state index in [-0.39, 0.29) is 17.5 Å². The zero-order chi connectivity index (χ0) is 29.1. The van der Waals surface area contributed by atoms with Crippen molar-refractivity contribution in [3.8, 4) is 11.8 Å². The Labute approximate surface area is 238 Å². The highest BCUT2D eigenvalue weighted by Crippen LogP contribution is 2.34. The van der Waals surface area contributed by atoms with Crippen LogP contribution < -0.4 is 10.1 Å². The number of nitrogens with one attached hydrogen (secondary N) is 1. The lowest BCUT2D eigenvalue weighted by atomic mass is 10.0. The molecule has 0 unspecified atom stereocenters. The Morgan fingerprint density at radius 1 is 1.22 bits per heavy atom. The molecule has 1 atom stereocenters. The van der Waals surface area contributed by atoms with E-state index in [0.717, 1.165) is 53.7 Å². The molecule has 0 spiro atoms. The van der Waals surface area contributed by atoms with Crippen molar-refractivity contribution in [2.45, 2.75) is 57.6 Å². The summed E-state index contributed by atoms with van der Waals surface area (Å²) in [5.41, 5.74) is 2.14. The second kappa shape index (κ2) is 12.2. The average Bonchev–Trinajstić information content (AvgIpc) is 3.49. The van der Waals surface area contributed by atoms with E-state index in [1.807, 2.05) is 19.1 Å². The van der Waals surface area contributed by atoms with E-state index in [1.54, 1.807) is 10.6 Å². The Morgan fingerprint density at radius 3 is 2.68 bits per heavy atom. The van der Waals surface area contributed by atoms with Crippen molar-refractivity contribution >= 4 is 38.3 Å². The molecule has 4 heterocycles. The lowest BCUT2D eigenvalue weighted by Gasteiger charge is -2.33. The number of aliphatic hydroxyl groups is 2. The Balaban J connectivity index is 1.28. The van der Waals surface area contributed by atoms with Gasteiger partial charge in [-0.15, -0.1) is 11.3 Å². The minimum atomic E-state index is -4.27. The van der Waals surface area contributed by atoms with E-state index < -0.39 is 25.3 Å². The maximum atomic E-state index is 12.9. The molecule has 1 fully saturated rings. The summed E-state index contributed by atoms with van der Waals surface area (Å²) >= 11 is 1.04. The van der Waals surface area contributed by atoms with Crippen molar-refractivity contribution in [1.82, 2.24) is 19.4 Å². The van der Waals surface area contributed by atoms with Crippen LogP contribution in [0.2, 0.25) is 0 Å². The summed E-state index contributed by atoms with van der Waals surface area (Å²) in [6, 6.07) is 9.50. The molecule has 3 aromatic heterocycles. The minimum absolute atomic E-state index is 0.0992. The first-order chi connectivity index (χ1) is 19.7. The van der Waals surface area contributed by atoms with Gasteiger partial charge < -0.3 is 24.8 Å². The number of ether oxygens (including phenoxy) is 1. The topological polar surface area (TPSA) is 119 Å². The van der Waals surface area contributed by atoms with E-state index in [2.05, 4.69) is 26.3 Å². The van der Waals surface area contributed by atoms with Gasteiger partial charge in [-0.1, -0.05) is 0 Å². The molecule has 218 valence electrons. The molecule has 0 saturated carbocycles. The molecule has 5 rings (SSSR count). The number of halogens is 3. The van der Waals surface area contributed by atoms with Crippen LogP contribution >= 0.6 is 11.3 Å². The predicted molar refractivity (Wildman–Crippen MR) is 150 cm³/mol. The van der Waals surface area contributed by atoms with Crippen molar-refractivity contribution in [3.05, 3.63) is 46.7 Å². The number of piperidine rings is 1. The monoisotopic (exact) mass is 588 g/mol. The molecule has 0 radical (unpaired) electrons. The Morgan fingerprint density at radius 2 is 2.00 bits per heavy atom. The fraction of sp³-hybridized carbons (Fsp3) is 0.464. The van der Waals surface area contributed by atoms with Gasteiger partial charge in [-0.3, -0.25) is 4.90 Å². The van der Waals surface area contributed by atoms with Gasteiger partial charge in [0.1, 0.15) is 34.5 Å². The predicted octanol–water partition coefficient (Wildman–Crippen LogP) is 4.45. The summed E-state index contributed by atoms with van der Waals surface area (Å²) in [5, 5.41) is 33.8. The smallest absolute Gasteiger partial charge is 0.393 e. The number of rotatable bonds is 10. The number of aromatic nitrogens is 3. The number of nitriles is 1. The molecule has 0 aliphatic carbocycles. The van der Waals surface area contributed by atoms with Crippen LogP contribution in [-0.4, -0.2) is 74.3 Å². The average molecular weight is 589 g/mol. The second-order valence-electron chi connectivity index (χ2n) is 10.2. The fourth-order valence-electron chi connectivity index (χ4n) is 5.28. The molecule has 4 aromatic rings. The minimum Gasteiger partial charge on any atom is -0.493 e. The van der Waals surface area contributed by atoms with Gasteiger partial charge in [0.05, 0.1) is 43.2 Å². The zero-order valence-corrected chi connectivity index (χ0v) is 23.3. The van der Waals surface area contributed by atoms with Crippen LogP contribution in [0.5, 0.6) is 5.75 Å². The summed E-state index contributed by atoms with van der Waals surface area (Å²) < 4.78 is 46.3. The molecule has 1 aromatic carbocycles. The molecule has 0 bridgehead atoms. The highest BCUT2D eigenvalue weighted by Gasteiger charge is 2.29. The van der Waals surface area contributed by atoms with Crippen LogP contribution in [0.1, 0.15) is 35.9 Å². The van der Waals surface area contributed by atoms with Crippen LogP contribution in [0.4, 0.5) is 19.0 Å². The Hall–Kier alpha value is -3.44. The largest absolute Gasteiger partial charge is 0.493 e. The third kappa shape index (κ3) is 6.73. The number of fused-ring (bicyclic) bond motifs is 2. The summed E-state index contributed by atoms with van der Waals surface area (Å²) in [6.07, 6.45) is -3.20. The number of hydrogen-bond donors (Lipinski definition) is 3. The molecule has 41 heavy (non-hydrogen) atoms. The van der Waals surface area contributed by atoms with Crippen LogP contribution in [0.25, 0.3) is 21.1 Å². The van der Waals surface area contributed by atoms with Gasteiger partial charge in [0.2, 0.25) is 0 Å². The number of thiophene rings is 1. The van der Waals surface area contributed by atoms with E-state index in [9.17, 15) is 28.6 Å². The molecule has 1 aliphatic heterocycles. The first kappa shape index (κ1) is 29.1. The molecule has 1 saturated heterocycles. The van der Waals surface area contributed by atoms with Gasteiger partial charge in [-0.05, 0) is 38.0 Å². The van der Waals surface area contributed by atoms with Gasteiger partial charge in [0, 0.05) is 47.6 Å². The fourth-order valence-corrected chi connectivity index (χ4v) is 6.31. The van der Waals surface area contributed by atoms with Crippen LogP contribution in [0.15, 0.2) is 30.6 Å². The van der Waals surface area contributed by atoms with E-state index in [1.165, 1.54) is 12.4 Å². The third-order valence-corrected chi connectivity index (χ3v) is 8.22. The number of benzene rings is 1. The van der Waals surface area contributed by atoms with Crippen LogP contribution in [0, 0.1) is 11.3 Å². The highest BCUT2D eigenvalue weighted by atomic mass is 32.1. The van der Waals surface area contributed by atoms with Crippen LogP contribution in [-0.2, 0) is 19.5 Å². The van der Waals surface area contributed by atoms with Crippen molar-refractivity contribution in [2.24, 2.45) is 0 Å². The van der Waals surface area contributed by atoms with Gasteiger partial charge in [0.15, 0.2) is 0 Å². The van der Waals surface area contributed by atoms with Gasteiger partial charge >= 0.3 is 6.18 Å². The standard InChI is InChI=1S/C28H31F3N6O3S/c1-2-40-25-10-24-17(8-20(12-32)37(24)14-21(39)15-38)7-18(25)13-36-5-3-19(4-6-36)35-26-23-9-22(11-28(29,30)31)41-27(23)34-16-33-26/h7-10,16,19,21,38-39H,2-6,11,13-15H2,1H3,(H,33,34,35)/t21-/m0/s1. The molecule has 3 N–H and O–H groups in total. The first-order valence-corrected chi connectivity index (χ1v) is 14.3. The molecule has 9 nitrogen and oxygen atoms in total. The van der Waals surface area contributed by atoms with Gasteiger partial charge in [-0.2, -0.15) is 18.4 Å². The Kier molecular flexibility index (Phi) is 8.65. The van der Waals surface area contributed by atoms with E-state index >= 15 is 0 Å². The number of anilines is 1. The van der Waals surface area contributed by atoms with Crippen molar-refractivity contribution < 1.29 is 28.1 Å². The molecule has 13 heteroatoms. The molecule has 1 aliphatic rings.